The van der Waals surface area contributed by atoms with E-state index in [9.17, 15) is 14.4 Å². The Labute approximate surface area is 158 Å². The zero-order valence-corrected chi connectivity index (χ0v) is 15.8. The number of hydrogen-bond acceptors (Lipinski definition) is 3. The topological polar surface area (TPSA) is 66.5 Å². The minimum Gasteiger partial charge on any atom is -0.273 e. The van der Waals surface area contributed by atoms with Crippen molar-refractivity contribution in [2.45, 2.75) is 13.8 Å². The average Bonchev–Trinajstić information content (AvgIpc) is 2.56. The highest BCUT2D eigenvalue weighted by molar-refractivity contribution is 14.1. The fraction of sp³-hybridized carbons (Fsp3) is 0.105. The first-order valence-corrected chi connectivity index (χ1v) is 8.70. The van der Waals surface area contributed by atoms with Gasteiger partial charge in [-0.1, -0.05) is 30.3 Å². The summed E-state index contributed by atoms with van der Waals surface area (Å²) in [6.07, 6.45) is 1.52. The maximum absolute atomic E-state index is 12.9. The fourth-order valence-corrected chi connectivity index (χ4v) is 3.14. The lowest BCUT2D eigenvalue weighted by atomic mass is 10.0. The Morgan fingerprint density at radius 1 is 1.00 bits per heavy atom. The molecule has 6 heteroatoms. The lowest BCUT2D eigenvalue weighted by Crippen LogP contribution is -2.54. The van der Waals surface area contributed by atoms with Crippen LogP contribution in [0.1, 0.15) is 16.7 Å². The summed E-state index contributed by atoms with van der Waals surface area (Å²) in [6, 6.07) is 12.0. The third-order valence-corrected chi connectivity index (χ3v) is 5.11. The molecule has 0 unspecified atom stereocenters. The number of rotatable bonds is 2. The largest absolute Gasteiger partial charge is 0.335 e. The summed E-state index contributed by atoms with van der Waals surface area (Å²) >= 11 is 2.13. The van der Waals surface area contributed by atoms with E-state index in [4.69, 9.17) is 0 Å². The predicted octanol–water partition coefficient (Wildman–Crippen LogP) is 3.57. The summed E-state index contributed by atoms with van der Waals surface area (Å²) in [7, 11) is 0. The molecule has 0 aromatic heterocycles. The van der Waals surface area contributed by atoms with Gasteiger partial charge in [0, 0.05) is 3.57 Å². The molecule has 25 heavy (non-hydrogen) atoms. The molecule has 1 saturated heterocycles. The van der Waals surface area contributed by atoms with Crippen LogP contribution in [-0.2, 0) is 9.59 Å². The van der Waals surface area contributed by atoms with Gasteiger partial charge >= 0.3 is 6.03 Å². The van der Waals surface area contributed by atoms with Gasteiger partial charge in [0.2, 0.25) is 0 Å². The molecule has 3 rings (SSSR count). The van der Waals surface area contributed by atoms with Crippen molar-refractivity contribution < 1.29 is 14.4 Å². The lowest BCUT2D eigenvalue weighted by molar-refractivity contribution is -0.122. The third-order valence-electron chi connectivity index (χ3n) is 4.12. The first kappa shape index (κ1) is 17.3. The van der Waals surface area contributed by atoms with Gasteiger partial charge in [-0.3, -0.25) is 14.9 Å². The molecule has 1 N–H and O–H groups in total. The minimum absolute atomic E-state index is 0.0652. The quantitative estimate of drug-likeness (QED) is 0.436. The van der Waals surface area contributed by atoms with Gasteiger partial charge in [0.05, 0.1) is 5.69 Å². The van der Waals surface area contributed by atoms with E-state index in [0.717, 1.165) is 25.2 Å². The van der Waals surface area contributed by atoms with Gasteiger partial charge in [-0.2, -0.15) is 0 Å². The molecule has 0 radical (unpaired) electrons. The summed E-state index contributed by atoms with van der Waals surface area (Å²) in [5.41, 5.74) is 2.93. The van der Waals surface area contributed by atoms with E-state index >= 15 is 0 Å². The van der Waals surface area contributed by atoms with Crippen molar-refractivity contribution in [3.63, 3.8) is 0 Å². The summed E-state index contributed by atoms with van der Waals surface area (Å²) in [6.45, 7) is 3.74. The number of hydrogen-bond donors (Lipinski definition) is 1. The average molecular weight is 446 g/mol. The van der Waals surface area contributed by atoms with E-state index in [0.29, 0.717) is 5.69 Å². The SMILES string of the molecule is Cc1cccc(N2C(=O)NC(=O)/C(=C\c3ccccc3I)C2=O)c1C. The highest BCUT2D eigenvalue weighted by atomic mass is 127. The normalized spacial score (nSPS) is 16.4. The number of nitrogens with one attached hydrogen (secondary N) is 1. The van der Waals surface area contributed by atoms with Crippen molar-refractivity contribution in [1.29, 1.82) is 0 Å². The Hall–Kier alpha value is -2.48. The molecule has 0 saturated carbocycles. The molecule has 1 aliphatic rings. The van der Waals surface area contributed by atoms with Crippen molar-refractivity contribution in [2.75, 3.05) is 4.90 Å². The van der Waals surface area contributed by atoms with Crippen LogP contribution >= 0.6 is 22.6 Å². The number of anilines is 1. The molecule has 4 amide bonds. The maximum Gasteiger partial charge on any atom is 0.335 e. The molecule has 0 bridgehead atoms. The summed E-state index contributed by atoms with van der Waals surface area (Å²) < 4.78 is 0.906. The van der Waals surface area contributed by atoms with Crippen LogP contribution < -0.4 is 10.2 Å². The Morgan fingerprint density at radius 2 is 1.72 bits per heavy atom. The number of imide groups is 2. The summed E-state index contributed by atoms with van der Waals surface area (Å²) in [5, 5.41) is 2.25. The molecular weight excluding hydrogens is 431 g/mol. The van der Waals surface area contributed by atoms with E-state index in [-0.39, 0.29) is 5.57 Å². The van der Waals surface area contributed by atoms with Crippen LogP contribution in [0.15, 0.2) is 48.0 Å². The zero-order valence-electron chi connectivity index (χ0n) is 13.7. The van der Waals surface area contributed by atoms with Gasteiger partial charge in [-0.25, -0.2) is 9.69 Å². The predicted molar refractivity (Wildman–Crippen MR) is 104 cm³/mol. The molecule has 2 aromatic rings. The van der Waals surface area contributed by atoms with Crippen LogP contribution in [0, 0.1) is 17.4 Å². The van der Waals surface area contributed by atoms with Crippen LogP contribution in [0.4, 0.5) is 10.5 Å². The van der Waals surface area contributed by atoms with Crippen LogP contribution in [0.3, 0.4) is 0 Å². The van der Waals surface area contributed by atoms with Crippen molar-refractivity contribution in [2.24, 2.45) is 0 Å². The molecule has 2 aromatic carbocycles. The molecule has 126 valence electrons. The number of halogens is 1. The van der Waals surface area contributed by atoms with Crippen LogP contribution in [0.2, 0.25) is 0 Å². The van der Waals surface area contributed by atoms with Gasteiger partial charge in [0.1, 0.15) is 5.57 Å². The van der Waals surface area contributed by atoms with Crippen LogP contribution in [0.5, 0.6) is 0 Å². The summed E-state index contributed by atoms with van der Waals surface area (Å²) in [5.74, 6) is -1.31. The Balaban J connectivity index is 2.09. The molecule has 0 atom stereocenters. The zero-order chi connectivity index (χ0) is 18.1. The molecular formula is C19H15IN2O3. The van der Waals surface area contributed by atoms with Crippen molar-refractivity contribution >= 4 is 52.2 Å². The minimum atomic E-state index is -0.733. The van der Waals surface area contributed by atoms with E-state index in [1.54, 1.807) is 12.1 Å². The summed E-state index contributed by atoms with van der Waals surface area (Å²) in [4.78, 5) is 38.4. The maximum atomic E-state index is 12.9. The number of carbonyl (C=O) groups excluding carboxylic acids is 3. The molecule has 1 heterocycles. The Kier molecular flexibility index (Phi) is 4.71. The van der Waals surface area contributed by atoms with E-state index in [2.05, 4.69) is 27.9 Å². The van der Waals surface area contributed by atoms with Gasteiger partial charge in [-0.05, 0) is 71.3 Å². The number of carbonyl (C=O) groups is 3. The molecule has 1 fully saturated rings. The van der Waals surface area contributed by atoms with E-state index in [1.165, 1.54) is 6.08 Å². The number of benzene rings is 2. The number of aryl methyl sites for hydroxylation is 1. The number of barbiturate groups is 1. The van der Waals surface area contributed by atoms with E-state index < -0.39 is 17.8 Å². The van der Waals surface area contributed by atoms with Crippen molar-refractivity contribution in [1.82, 2.24) is 5.32 Å². The Morgan fingerprint density at radius 3 is 2.44 bits per heavy atom. The van der Waals surface area contributed by atoms with Gasteiger partial charge < -0.3 is 0 Å². The van der Waals surface area contributed by atoms with Crippen LogP contribution in [-0.4, -0.2) is 17.8 Å². The highest BCUT2D eigenvalue weighted by Gasteiger charge is 2.37. The monoisotopic (exact) mass is 446 g/mol. The standard InChI is InChI=1S/C19H15IN2O3/c1-11-6-5-9-16(12(11)2)22-18(24)14(17(23)21-19(22)25)10-13-7-3-4-8-15(13)20/h3-10H,1-2H3,(H,21,23,25)/b14-10+. The third kappa shape index (κ3) is 3.21. The number of urea groups is 1. The second-order valence-electron chi connectivity index (χ2n) is 5.70. The Bertz CT molecular complexity index is 934. The number of nitrogens with zero attached hydrogens (tertiary/aromatic N) is 1. The number of amides is 4. The highest BCUT2D eigenvalue weighted by Crippen LogP contribution is 2.27. The van der Waals surface area contributed by atoms with E-state index in [1.807, 2.05) is 44.2 Å². The van der Waals surface area contributed by atoms with Gasteiger partial charge in [0.25, 0.3) is 11.8 Å². The smallest absolute Gasteiger partial charge is 0.273 e. The second-order valence-corrected chi connectivity index (χ2v) is 6.86. The van der Waals surface area contributed by atoms with Crippen LogP contribution in [0.25, 0.3) is 6.08 Å². The molecule has 0 spiro atoms. The first-order chi connectivity index (χ1) is 11.9. The molecule has 1 aliphatic heterocycles. The van der Waals surface area contributed by atoms with Crippen molar-refractivity contribution in [3.8, 4) is 0 Å². The lowest BCUT2D eigenvalue weighted by Gasteiger charge is -2.28. The van der Waals surface area contributed by atoms with Gasteiger partial charge in [-0.15, -0.1) is 0 Å². The fourth-order valence-electron chi connectivity index (χ4n) is 2.60. The molecule has 0 aliphatic carbocycles. The molecule has 5 nitrogen and oxygen atoms in total. The van der Waals surface area contributed by atoms with Crippen molar-refractivity contribution in [3.05, 3.63) is 68.3 Å². The van der Waals surface area contributed by atoms with Gasteiger partial charge in [0.15, 0.2) is 0 Å². The second kappa shape index (κ2) is 6.79. The first-order valence-electron chi connectivity index (χ1n) is 7.62.